The molecule has 0 radical (unpaired) electrons. The first-order valence-corrected chi connectivity index (χ1v) is 7.97. The molecular formula is C16H21Cl2NO2. The Morgan fingerprint density at radius 1 is 1.38 bits per heavy atom. The van der Waals surface area contributed by atoms with Gasteiger partial charge in [-0.3, -0.25) is 4.79 Å². The number of carboxylic acids is 1. The van der Waals surface area contributed by atoms with Crippen LogP contribution in [0.25, 0.3) is 0 Å². The Morgan fingerprint density at radius 3 is 2.62 bits per heavy atom. The molecule has 2 unspecified atom stereocenters. The van der Waals surface area contributed by atoms with Crippen molar-refractivity contribution in [3.8, 4) is 0 Å². The second-order valence-corrected chi connectivity index (χ2v) is 7.39. The third-order valence-electron chi connectivity index (χ3n) is 4.72. The van der Waals surface area contributed by atoms with E-state index in [0.29, 0.717) is 21.3 Å². The molecule has 2 atom stereocenters. The van der Waals surface area contributed by atoms with Crippen LogP contribution in [0.1, 0.15) is 51.0 Å². The van der Waals surface area contributed by atoms with Gasteiger partial charge in [-0.05, 0) is 41.9 Å². The Hall–Kier alpha value is -0.930. The van der Waals surface area contributed by atoms with E-state index in [1.54, 1.807) is 12.1 Å². The van der Waals surface area contributed by atoms with Crippen molar-refractivity contribution in [2.24, 2.45) is 11.3 Å². The fourth-order valence-electron chi connectivity index (χ4n) is 3.52. The van der Waals surface area contributed by atoms with E-state index in [0.717, 1.165) is 25.7 Å². The number of hydrogen-bond acceptors (Lipinski definition) is 2. The molecule has 1 saturated carbocycles. The second-order valence-electron chi connectivity index (χ2n) is 6.55. The number of hydrogen-bond donors (Lipinski definition) is 2. The van der Waals surface area contributed by atoms with Crippen LogP contribution in [-0.2, 0) is 4.79 Å². The fourth-order valence-corrected chi connectivity index (χ4v) is 4.03. The highest BCUT2D eigenvalue weighted by Gasteiger charge is 2.42. The van der Waals surface area contributed by atoms with Gasteiger partial charge in [-0.15, -0.1) is 0 Å². The first-order chi connectivity index (χ1) is 9.74. The molecule has 1 aliphatic rings. The van der Waals surface area contributed by atoms with Gasteiger partial charge in [-0.2, -0.15) is 0 Å². The Kier molecular flexibility index (Phi) is 4.74. The van der Waals surface area contributed by atoms with Gasteiger partial charge in [0, 0.05) is 5.02 Å². The maximum absolute atomic E-state index is 11.9. The zero-order chi connectivity index (χ0) is 15.8. The number of anilines is 1. The van der Waals surface area contributed by atoms with Crippen molar-refractivity contribution in [2.45, 2.75) is 45.4 Å². The molecule has 0 bridgehead atoms. The van der Waals surface area contributed by atoms with Crippen LogP contribution in [0.4, 0.5) is 5.69 Å². The quantitative estimate of drug-likeness (QED) is 0.770. The highest BCUT2D eigenvalue weighted by molar-refractivity contribution is 6.36. The predicted molar refractivity (Wildman–Crippen MR) is 87.0 cm³/mol. The topological polar surface area (TPSA) is 63.3 Å². The molecule has 21 heavy (non-hydrogen) atoms. The lowest BCUT2D eigenvalue weighted by Gasteiger charge is -2.42. The van der Waals surface area contributed by atoms with Crippen molar-refractivity contribution in [1.29, 1.82) is 0 Å². The van der Waals surface area contributed by atoms with Crippen LogP contribution in [0.3, 0.4) is 0 Å². The summed E-state index contributed by atoms with van der Waals surface area (Å²) in [4.78, 5) is 11.9. The van der Waals surface area contributed by atoms with E-state index in [1.165, 1.54) is 0 Å². The molecule has 0 aromatic heterocycles. The summed E-state index contributed by atoms with van der Waals surface area (Å²) in [6.45, 7) is 4.27. The molecule has 0 spiro atoms. The summed E-state index contributed by atoms with van der Waals surface area (Å²) in [6.07, 6.45) is 4.09. The number of rotatable bonds is 3. The van der Waals surface area contributed by atoms with E-state index in [-0.39, 0.29) is 11.3 Å². The average Bonchev–Trinajstić information content (AvgIpc) is 2.36. The average molecular weight is 330 g/mol. The normalized spacial score (nSPS) is 22.8. The van der Waals surface area contributed by atoms with E-state index < -0.39 is 11.9 Å². The van der Waals surface area contributed by atoms with E-state index in [9.17, 15) is 9.90 Å². The SMILES string of the molecule is CC1(C)CCCCC1C(C(=O)O)c1cc(Cl)cc(Cl)c1N. The van der Waals surface area contributed by atoms with Gasteiger partial charge in [-0.25, -0.2) is 0 Å². The molecule has 2 rings (SSSR count). The molecule has 3 nitrogen and oxygen atoms in total. The van der Waals surface area contributed by atoms with Crippen molar-refractivity contribution in [2.75, 3.05) is 5.73 Å². The number of benzene rings is 1. The van der Waals surface area contributed by atoms with Gasteiger partial charge in [0.05, 0.1) is 16.6 Å². The molecule has 116 valence electrons. The van der Waals surface area contributed by atoms with Gasteiger partial charge in [0.15, 0.2) is 0 Å². The van der Waals surface area contributed by atoms with Crippen LogP contribution in [0.5, 0.6) is 0 Å². The van der Waals surface area contributed by atoms with Crippen molar-refractivity contribution in [3.05, 3.63) is 27.7 Å². The van der Waals surface area contributed by atoms with E-state index in [2.05, 4.69) is 13.8 Å². The maximum atomic E-state index is 11.9. The smallest absolute Gasteiger partial charge is 0.311 e. The summed E-state index contributed by atoms with van der Waals surface area (Å²) in [7, 11) is 0. The van der Waals surface area contributed by atoms with Gasteiger partial charge in [0.25, 0.3) is 0 Å². The minimum atomic E-state index is -0.861. The minimum absolute atomic E-state index is 0.0283. The molecule has 1 fully saturated rings. The van der Waals surface area contributed by atoms with Gasteiger partial charge < -0.3 is 10.8 Å². The second kappa shape index (κ2) is 6.05. The number of halogens is 2. The van der Waals surface area contributed by atoms with Crippen LogP contribution in [-0.4, -0.2) is 11.1 Å². The molecule has 0 aliphatic heterocycles. The molecule has 1 aromatic rings. The van der Waals surface area contributed by atoms with Crippen LogP contribution in [0.15, 0.2) is 12.1 Å². The van der Waals surface area contributed by atoms with E-state index in [1.807, 2.05) is 0 Å². The monoisotopic (exact) mass is 329 g/mol. The number of carbonyl (C=O) groups is 1. The molecule has 5 heteroatoms. The predicted octanol–water partition coefficient (Wildman–Crippen LogP) is 4.96. The molecule has 1 aromatic carbocycles. The van der Waals surface area contributed by atoms with Crippen LogP contribution in [0.2, 0.25) is 10.0 Å². The van der Waals surface area contributed by atoms with Gasteiger partial charge in [0.2, 0.25) is 0 Å². The lowest BCUT2D eigenvalue weighted by atomic mass is 9.62. The first-order valence-electron chi connectivity index (χ1n) is 7.21. The summed E-state index contributed by atoms with van der Waals surface area (Å²) in [5.41, 5.74) is 6.86. The molecule has 0 heterocycles. The lowest BCUT2D eigenvalue weighted by molar-refractivity contribution is -0.142. The Morgan fingerprint density at radius 2 is 2.05 bits per heavy atom. The third kappa shape index (κ3) is 3.29. The third-order valence-corrected chi connectivity index (χ3v) is 5.25. The summed E-state index contributed by atoms with van der Waals surface area (Å²) in [5.74, 6) is -1.50. The highest BCUT2D eigenvalue weighted by Crippen LogP contribution is 2.49. The summed E-state index contributed by atoms with van der Waals surface area (Å²) in [6, 6.07) is 3.19. The number of nitrogens with two attached hydrogens (primary N) is 1. The van der Waals surface area contributed by atoms with E-state index >= 15 is 0 Å². The summed E-state index contributed by atoms with van der Waals surface area (Å²) < 4.78 is 0. The Bertz CT molecular complexity index is 557. The van der Waals surface area contributed by atoms with Crippen molar-refractivity contribution >= 4 is 34.9 Å². The number of carboxylic acid groups (broad SMARTS) is 1. The molecular weight excluding hydrogens is 309 g/mol. The van der Waals surface area contributed by atoms with Gasteiger partial charge in [0.1, 0.15) is 0 Å². The zero-order valence-corrected chi connectivity index (χ0v) is 13.8. The van der Waals surface area contributed by atoms with Crippen molar-refractivity contribution in [3.63, 3.8) is 0 Å². The first kappa shape index (κ1) is 16.4. The zero-order valence-electron chi connectivity index (χ0n) is 12.3. The molecule has 0 amide bonds. The van der Waals surface area contributed by atoms with Gasteiger partial charge in [-0.1, -0.05) is 49.9 Å². The van der Waals surface area contributed by atoms with Crippen molar-refractivity contribution in [1.82, 2.24) is 0 Å². The molecule has 3 N–H and O–H groups in total. The standard InChI is InChI=1S/C16H21Cl2NO2/c1-16(2)6-4-3-5-11(16)13(15(20)21)10-7-9(17)8-12(18)14(10)19/h7-8,11,13H,3-6,19H2,1-2H3,(H,20,21). The van der Waals surface area contributed by atoms with Crippen molar-refractivity contribution < 1.29 is 9.90 Å². The number of aliphatic carboxylic acids is 1. The van der Waals surface area contributed by atoms with Crippen LogP contribution < -0.4 is 5.73 Å². The minimum Gasteiger partial charge on any atom is -0.481 e. The number of nitrogen functional groups attached to an aromatic ring is 1. The Balaban J connectivity index is 2.52. The van der Waals surface area contributed by atoms with E-state index in [4.69, 9.17) is 28.9 Å². The Labute approximate surface area is 135 Å². The summed E-state index contributed by atoms with van der Waals surface area (Å²) in [5, 5.41) is 10.5. The largest absolute Gasteiger partial charge is 0.481 e. The van der Waals surface area contributed by atoms with Gasteiger partial charge >= 0.3 is 5.97 Å². The van der Waals surface area contributed by atoms with Crippen LogP contribution in [0, 0.1) is 11.3 Å². The maximum Gasteiger partial charge on any atom is 0.311 e. The fraction of sp³-hybridized carbons (Fsp3) is 0.562. The van der Waals surface area contributed by atoms with Crippen LogP contribution >= 0.6 is 23.2 Å². The molecule has 0 saturated heterocycles. The lowest BCUT2D eigenvalue weighted by Crippen LogP contribution is -2.36. The highest BCUT2D eigenvalue weighted by atomic mass is 35.5. The summed E-state index contributed by atoms with van der Waals surface area (Å²) >= 11 is 12.1. The molecule has 1 aliphatic carbocycles.